The Bertz CT molecular complexity index is 500. The number of hydrogen-bond donors (Lipinski definition) is 1. The van der Waals surface area contributed by atoms with Crippen LogP contribution in [-0.2, 0) is 6.42 Å². The van der Waals surface area contributed by atoms with Crippen LogP contribution in [-0.4, -0.2) is 44.8 Å². The average molecular weight is 304 g/mol. The number of hydrogen-bond acceptors (Lipinski definition) is 4. The number of rotatable bonds is 6. The molecule has 2 fully saturated rings. The molecule has 22 heavy (non-hydrogen) atoms. The molecule has 0 spiro atoms. The van der Waals surface area contributed by atoms with Gasteiger partial charge in [0.1, 0.15) is 0 Å². The summed E-state index contributed by atoms with van der Waals surface area (Å²) < 4.78 is 10.7. The van der Waals surface area contributed by atoms with Gasteiger partial charge in [-0.05, 0) is 55.2 Å². The molecule has 0 amide bonds. The van der Waals surface area contributed by atoms with Gasteiger partial charge in [-0.15, -0.1) is 0 Å². The minimum atomic E-state index is 0.317. The normalized spacial score (nSPS) is 26.0. The number of nitrogens with zero attached hydrogens (tertiary/aromatic N) is 1. The highest BCUT2D eigenvalue weighted by atomic mass is 16.5. The van der Waals surface area contributed by atoms with Crippen molar-refractivity contribution < 1.29 is 9.47 Å². The first-order valence-electron chi connectivity index (χ1n) is 8.36. The van der Waals surface area contributed by atoms with Crippen LogP contribution in [0.3, 0.4) is 0 Å². The Morgan fingerprint density at radius 2 is 1.86 bits per heavy atom. The summed E-state index contributed by atoms with van der Waals surface area (Å²) in [6, 6.07) is 6.56. The van der Waals surface area contributed by atoms with E-state index in [9.17, 15) is 0 Å². The minimum Gasteiger partial charge on any atom is -0.493 e. The second-order valence-electron chi connectivity index (χ2n) is 6.92. The van der Waals surface area contributed by atoms with Crippen LogP contribution in [0.5, 0.6) is 11.5 Å². The molecule has 0 bridgehead atoms. The molecule has 1 aromatic rings. The van der Waals surface area contributed by atoms with Crippen LogP contribution in [0.4, 0.5) is 0 Å². The zero-order chi connectivity index (χ0) is 15.5. The lowest BCUT2D eigenvalue weighted by Crippen LogP contribution is -2.48. The van der Waals surface area contributed by atoms with Crippen molar-refractivity contribution in [3.05, 3.63) is 23.8 Å². The van der Waals surface area contributed by atoms with Crippen molar-refractivity contribution in [2.45, 2.75) is 31.7 Å². The lowest BCUT2D eigenvalue weighted by molar-refractivity contribution is 0.150. The second kappa shape index (κ2) is 6.88. The van der Waals surface area contributed by atoms with Crippen molar-refractivity contribution in [2.75, 3.05) is 33.9 Å². The van der Waals surface area contributed by atoms with Crippen LogP contribution in [0.2, 0.25) is 0 Å². The van der Waals surface area contributed by atoms with Gasteiger partial charge < -0.3 is 20.1 Å². The van der Waals surface area contributed by atoms with E-state index in [-0.39, 0.29) is 0 Å². The van der Waals surface area contributed by atoms with Gasteiger partial charge in [0.15, 0.2) is 11.5 Å². The number of piperidine rings is 1. The highest BCUT2D eigenvalue weighted by molar-refractivity contribution is 5.43. The Labute approximate surface area is 133 Å². The smallest absolute Gasteiger partial charge is 0.160 e. The Morgan fingerprint density at radius 1 is 1.09 bits per heavy atom. The van der Waals surface area contributed by atoms with E-state index >= 15 is 0 Å². The average Bonchev–Trinajstić information content (AvgIpc) is 3.30. The Kier molecular flexibility index (Phi) is 4.89. The fraction of sp³-hybridized carbons (Fsp3) is 0.667. The van der Waals surface area contributed by atoms with E-state index < -0.39 is 0 Å². The molecule has 1 aromatic carbocycles. The lowest BCUT2D eigenvalue weighted by Gasteiger charge is -2.36. The molecule has 3 rings (SSSR count). The number of benzene rings is 1. The van der Waals surface area contributed by atoms with Crippen molar-refractivity contribution >= 4 is 0 Å². The van der Waals surface area contributed by atoms with Crippen molar-refractivity contribution in [3.8, 4) is 11.5 Å². The van der Waals surface area contributed by atoms with Crippen molar-refractivity contribution in [2.24, 2.45) is 17.6 Å². The topological polar surface area (TPSA) is 47.7 Å². The van der Waals surface area contributed by atoms with E-state index in [1.165, 1.54) is 31.5 Å². The zero-order valence-electron chi connectivity index (χ0n) is 13.8. The van der Waals surface area contributed by atoms with Crippen LogP contribution in [0.25, 0.3) is 0 Å². The highest BCUT2D eigenvalue weighted by Gasteiger charge is 2.30. The zero-order valence-corrected chi connectivity index (χ0v) is 13.8. The molecule has 2 unspecified atom stereocenters. The van der Waals surface area contributed by atoms with Gasteiger partial charge in [0.2, 0.25) is 0 Å². The molecule has 2 N–H and O–H groups in total. The van der Waals surface area contributed by atoms with Gasteiger partial charge in [-0.1, -0.05) is 6.07 Å². The van der Waals surface area contributed by atoms with Crippen LogP contribution >= 0.6 is 0 Å². The largest absolute Gasteiger partial charge is 0.493 e. The Balaban J connectivity index is 1.63. The monoisotopic (exact) mass is 304 g/mol. The summed E-state index contributed by atoms with van der Waals surface area (Å²) in [5.41, 5.74) is 7.59. The van der Waals surface area contributed by atoms with Crippen LogP contribution in [0.1, 0.15) is 24.8 Å². The van der Waals surface area contributed by atoms with Gasteiger partial charge in [0, 0.05) is 25.7 Å². The summed E-state index contributed by atoms with van der Waals surface area (Å²) >= 11 is 0. The van der Waals surface area contributed by atoms with Crippen LogP contribution < -0.4 is 15.2 Å². The first-order valence-corrected chi connectivity index (χ1v) is 8.36. The summed E-state index contributed by atoms with van der Waals surface area (Å²) in [6.45, 7) is 3.49. The van der Waals surface area contributed by atoms with E-state index in [0.29, 0.717) is 12.0 Å². The predicted molar refractivity (Wildman–Crippen MR) is 88.5 cm³/mol. The van der Waals surface area contributed by atoms with Gasteiger partial charge in [0.25, 0.3) is 0 Å². The summed E-state index contributed by atoms with van der Waals surface area (Å²) in [6.07, 6.45) is 5.00. The minimum absolute atomic E-state index is 0.317. The summed E-state index contributed by atoms with van der Waals surface area (Å²) in [5.74, 6) is 3.18. The third-order valence-electron chi connectivity index (χ3n) is 4.83. The van der Waals surface area contributed by atoms with Gasteiger partial charge in [-0.25, -0.2) is 0 Å². The third kappa shape index (κ3) is 3.93. The predicted octanol–water partition coefficient (Wildman–Crippen LogP) is 2.31. The molecular formula is C18H28N2O2. The molecule has 1 saturated heterocycles. The van der Waals surface area contributed by atoms with E-state index in [1.807, 2.05) is 6.07 Å². The van der Waals surface area contributed by atoms with Crippen LogP contribution in [0.15, 0.2) is 18.2 Å². The van der Waals surface area contributed by atoms with Gasteiger partial charge in [0.05, 0.1) is 14.2 Å². The Morgan fingerprint density at radius 3 is 2.55 bits per heavy atom. The SMILES string of the molecule is COc1ccc(CC2CC(N)CN(CC3CC3)C2)cc1OC. The summed E-state index contributed by atoms with van der Waals surface area (Å²) in [4.78, 5) is 2.58. The third-order valence-corrected chi connectivity index (χ3v) is 4.83. The fourth-order valence-electron chi connectivity index (χ4n) is 3.65. The fourth-order valence-corrected chi connectivity index (χ4v) is 3.65. The maximum atomic E-state index is 6.28. The molecule has 2 aliphatic rings. The molecule has 1 aliphatic heterocycles. The molecular weight excluding hydrogens is 276 g/mol. The van der Waals surface area contributed by atoms with Crippen LogP contribution in [0, 0.1) is 11.8 Å². The Hall–Kier alpha value is -1.26. The first kappa shape index (κ1) is 15.6. The summed E-state index contributed by atoms with van der Waals surface area (Å²) in [5, 5.41) is 0. The summed E-state index contributed by atoms with van der Waals surface area (Å²) in [7, 11) is 3.36. The molecule has 122 valence electrons. The van der Waals surface area contributed by atoms with E-state index in [1.54, 1.807) is 14.2 Å². The van der Waals surface area contributed by atoms with E-state index in [4.69, 9.17) is 15.2 Å². The first-order chi connectivity index (χ1) is 10.7. The molecule has 2 atom stereocenters. The maximum Gasteiger partial charge on any atom is 0.160 e. The highest BCUT2D eigenvalue weighted by Crippen LogP contribution is 2.32. The van der Waals surface area contributed by atoms with Gasteiger partial charge in [-0.2, -0.15) is 0 Å². The molecule has 1 heterocycles. The second-order valence-corrected chi connectivity index (χ2v) is 6.92. The van der Waals surface area contributed by atoms with E-state index in [0.717, 1.165) is 36.8 Å². The standard InChI is InChI=1S/C18H28N2O2/c1-21-17-6-5-14(9-18(17)22-2)7-15-8-16(19)12-20(11-15)10-13-3-4-13/h5-6,9,13,15-16H,3-4,7-8,10-12,19H2,1-2H3. The van der Waals surface area contributed by atoms with Gasteiger partial charge in [-0.3, -0.25) is 0 Å². The number of likely N-dealkylation sites (tertiary alicyclic amines) is 1. The number of ether oxygens (including phenoxy) is 2. The lowest BCUT2D eigenvalue weighted by atomic mass is 9.89. The number of methoxy groups -OCH3 is 2. The molecule has 1 aliphatic carbocycles. The van der Waals surface area contributed by atoms with Gasteiger partial charge >= 0.3 is 0 Å². The maximum absolute atomic E-state index is 6.28. The number of nitrogens with two attached hydrogens (primary N) is 1. The van der Waals surface area contributed by atoms with Crippen molar-refractivity contribution in [3.63, 3.8) is 0 Å². The molecule has 4 heteroatoms. The van der Waals surface area contributed by atoms with E-state index in [2.05, 4.69) is 17.0 Å². The van der Waals surface area contributed by atoms with Crippen molar-refractivity contribution in [1.29, 1.82) is 0 Å². The molecule has 4 nitrogen and oxygen atoms in total. The van der Waals surface area contributed by atoms with Crippen molar-refractivity contribution in [1.82, 2.24) is 4.90 Å². The molecule has 0 aromatic heterocycles. The quantitative estimate of drug-likeness (QED) is 0.876. The molecule has 1 saturated carbocycles. The molecule has 0 radical (unpaired) electrons.